The van der Waals surface area contributed by atoms with Gasteiger partial charge in [-0.15, -0.1) is 5.10 Å². The van der Waals surface area contributed by atoms with Crippen LogP contribution in [0.25, 0.3) is 0 Å². The molecule has 1 unspecified atom stereocenters. The van der Waals surface area contributed by atoms with Gasteiger partial charge in [0, 0.05) is 12.1 Å². The van der Waals surface area contributed by atoms with Crippen molar-refractivity contribution in [1.82, 2.24) is 20.2 Å². The molecule has 0 saturated carbocycles. The van der Waals surface area contributed by atoms with Gasteiger partial charge < -0.3 is 5.32 Å². The average Bonchev–Trinajstić information content (AvgIpc) is 3.15. The maximum Gasteiger partial charge on any atom is 0.249 e. The van der Waals surface area contributed by atoms with Crippen molar-refractivity contribution < 1.29 is 4.79 Å². The third-order valence-electron chi connectivity index (χ3n) is 4.10. The van der Waals surface area contributed by atoms with E-state index in [9.17, 15) is 4.79 Å². The molecule has 2 aromatic carbocycles. The Morgan fingerprint density at radius 1 is 1.08 bits per heavy atom. The zero-order valence-electron chi connectivity index (χ0n) is 14.3. The molecule has 1 amide bonds. The third-order valence-corrected chi connectivity index (χ3v) is 4.10. The van der Waals surface area contributed by atoms with Crippen LogP contribution in [0.1, 0.15) is 36.9 Å². The number of hydrogen-bond donors (Lipinski definition) is 1. The van der Waals surface area contributed by atoms with Crippen molar-refractivity contribution in [3.05, 3.63) is 72.1 Å². The third kappa shape index (κ3) is 4.29. The second kappa shape index (κ2) is 7.70. The molecule has 3 rings (SSSR count). The number of carbonyl (C=O) groups is 1. The summed E-state index contributed by atoms with van der Waals surface area (Å²) < 4.78 is 1.49. The fourth-order valence-electron chi connectivity index (χ4n) is 2.63. The largest absolute Gasteiger partial charge is 0.324 e. The van der Waals surface area contributed by atoms with Crippen LogP contribution >= 0.6 is 0 Å². The Hall–Kier alpha value is -3.02. The smallest absolute Gasteiger partial charge is 0.249 e. The highest BCUT2D eigenvalue weighted by atomic mass is 16.2. The summed E-state index contributed by atoms with van der Waals surface area (Å²) in [6, 6.07) is 17.2. The maximum atomic E-state index is 12.8. The molecule has 1 N–H and O–H groups in total. The standard InChI is InChI=1S/C19H21N5O/c1-14(2)16-8-10-17(11-9-16)21-19(25)18(24-13-20-22-23-24)12-15-6-4-3-5-7-15/h3-11,13-14,18H,12H2,1-2H3,(H,21,25). The fraction of sp³-hybridized carbons (Fsp3) is 0.263. The molecule has 0 aliphatic heterocycles. The van der Waals surface area contributed by atoms with Gasteiger partial charge in [0.1, 0.15) is 12.4 Å². The van der Waals surface area contributed by atoms with Gasteiger partial charge in [-0.2, -0.15) is 0 Å². The van der Waals surface area contributed by atoms with Gasteiger partial charge in [-0.3, -0.25) is 4.79 Å². The summed E-state index contributed by atoms with van der Waals surface area (Å²) >= 11 is 0. The van der Waals surface area contributed by atoms with Gasteiger partial charge in [0.05, 0.1) is 0 Å². The van der Waals surface area contributed by atoms with Gasteiger partial charge in [0.15, 0.2) is 0 Å². The normalized spacial score (nSPS) is 12.1. The summed E-state index contributed by atoms with van der Waals surface area (Å²) in [6.45, 7) is 4.28. The minimum Gasteiger partial charge on any atom is -0.324 e. The lowest BCUT2D eigenvalue weighted by Crippen LogP contribution is -2.28. The highest BCUT2D eigenvalue weighted by Gasteiger charge is 2.22. The van der Waals surface area contributed by atoms with Gasteiger partial charge in [-0.05, 0) is 39.6 Å². The van der Waals surface area contributed by atoms with Gasteiger partial charge in [-0.25, -0.2) is 4.68 Å². The molecule has 1 heterocycles. The second-order valence-corrected chi connectivity index (χ2v) is 6.26. The Kier molecular flexibility index (Phi) is 5.18. The van der Waals surface area contributed by atoms with E-state index >= 15 is 0 Å². The molecule has 3 aromatic rings. The zero-order valence-corrected chi connectivity index (χ0v) is 14.3. The van der Waals surface area contributed by atoms with Crippen LogP contribution < -0.4 is 5.32 Å². The Morgan fingerprint density at radius 3 is 2.40 bits per heavy atom. The highest BCUT2D eigenvalue weighted by molar-refractivity contribution is 5.93. The number of benzene rings is 2. The first-order valence-electron chi connectivity index (χ1n) is 8.30. The lowest BCUT2D eigenvalue weighted by atomic mass is 10.0. The number of anilines is 1. The topological polar surface area (TPSA) is 72.7 Å². The van der Waals surface area contributed by atoms with Crippen molar-refractivity contribution in [3.63, 3.8) is 0 Å². The summed E-state index contributed by atoms with van der Waals surface area (Å²) in [5, 5.41) is 14.2. The fourth-order valence-corrected chi connectivity index (χ4v) is 2.63. The zero-order chi connectivity index (χ0) is 17.6. The summed E-state index contributed by atoms with van der Waals surface area (Å²) in [6.07, 6.45) is 1.98. The molecule has 128 valence electrons. The van der Waals surface area contributed by atoms with Crippen LogP contribution in [0.3, 0.4) is 0 Å². The van der Waals surface area contributed by atoms with E-state index in [4.69, 9.17) is 0 Å². The molecule has 0 radical (unpaired) electrons. The number of nitrogens with one attached hydrogen (secondary N) is 1. The number of aromatic nitrogens is 4. The minimum atomic E-state index is -0.512. The first kappa shape index (κ1) is 16.8. The van der Waals surface area contributed by atoms with Crippen LogP contribution in [0.4, 0.5) is 5.69 Å². The van der Waals surface area contributed by atoms with Crippen molar-refractivity contribution in [2.24, 2.45) is 0 Å². The van der Waals surface area contributed by atoms with Crippen molar-refractivity contribution in [2.45, 2.75) is 32.2 Å². The van der Waals surface area contributed by atoms with Gasteiger partial charge in [0.2, 0.25) is 5.91 Å². The SMILES string of the molecule is CC(C)c1ccc(NC(=O)C(Cc2ccccc2)n2cnnn2)cc1. The molecule has 6 heteroatoms. The molecule has 0 aliphatic carbocycles. The van der Waals surface area contributed by atoms with Crippen LogP contribution in [-0.2, 0) is 11.2 Å². The molecule has 1 aromatic heterocycles. The number of amides is 1. The Balaban J connectivity index is 1.77. The molecule has 1 atom stereocenters. The minimum absolute atomic E-state index is 0.145. The molecule has 0 bridgehead atoms. The molecule has 0 fully saturated rings. The number of tetrazole rings is 1. The van der Waals surface area contributed by atoms with Crippen molar-refractivity contribution in [2.75, 3.05) is 5.32 Å². The van der Waals surface area contributed by atoms with E-state index in [1.165, 1.54) is 16.6 Å². The van der Waals surface area contributed by atoms with Crippen molar-refractivity contribution in [3.8, 4) is 0 Å². The predicted molar refractivity (Wildman–Crippen MR) is 96.2 cm³/mol. The highest BCUT2D eigenvalue weighted by Crippen LogP contribution is 2.19. The van der Waals surface area contributed by atoms with E-state index in [1.54, 1.807) is 0 Å². The Bertz CT molecular complexity index is 798. The second-order valence-electron chi connectivity index (χ2n) is 6.26. The summed E-state index contributed by atoms with van der Waals surface area (Å²) in [7, 11) is 0. The van der Waals surface area contributed by atoms with Crippen LogP contribution in [0.15, 0.2) is 60.9 Å². The first-order chi connectivity index (χ1) is 12.1. The summed E-state index contributed by atoms with van der Waals surface area (Å²) in [5.41, 5.74) is 3.05. The van der Waals surface area contributed by atoms with Gasteiger partial charge >= 0.3 is 0 Å². The number of rotatable bonds is 6. The summed E-state index contributed by atoms with van der Waals surface area (Å²) in [4.78, 5) is 12.8. The quantitative estimate of drug-likeness (QED) is 0.751. The lowest BCUT2D eigenvalue weighted by Gasteiger charge is -2.17. The average molecular weight is 335 g/mol. The molecular formula is C19H21N5O. The van der Waals surface area contributed by atoms with E-state index in [0.29, 0.717) is 12.3 Å². The van der Waals surface area contributed by atoms with Crippen LogP contribution in [0.5, 0.6) is 0 Å². The molecule has 0 aliphatic rings. The van der Waals surface area contributed by atoms with E-state index in [2.05, 4.69) is 34.7 Å². The maximum absolute atomic E-state index is 12.8. The number of carbonyl (C=O) groups excluding carboxylic acids is 1. The molecule has 0 saturated heterocycles. The molecule has 25 heavy (non-hydrogen) atoms. The van der Waals surface area contributed by atoms with Crippen molar-refractivity contribution in [1.29, 1.82) is 0 Å². The monoisotopic (exact) mass is 335 g/mol. The van der Waals surface area contributed by atoms with E-state index in [1.807, 2.05) is 54.6 Å². The van der Waals surface area contributed by atoms with Crippen LogP contribution in [0, 0.1) is 0 Å². The first-order valence-corrected chi connectivity index (χ1v) is 8.30. The lowest BCUT2D eigenvalue weighted by molar-refractivity contribution is -0.119. The van der Waals surface area contributed by atoms with Crippen LogP contribution in [0.2, 0.25) is 0 Å². The van der Waals surface area contributed by atoms with E-state index in [-0.39, 0.29) is 5.91 Å². The Morgan fingerprint density at radius 2 is 1.80 bits per heavy atom. The van der Waals surface area contributed by atoms with E-state index < -0.39 is 6.04 Å². The van der Waals surface area contributed by atoms with Crippen LogP contribution in [-0.4, -0.2) is 26.1 Å². The molecular weight excluding hydrogens is 314 g/mol. The predicted octanol–water partition coefficient (Wildman–Crippen LogP) is 3.22. The number of hydrogen-bond acceptors (Lipinski definition) is 4. The van der Waals surface area contributed by atoms with Crippen molar-refractivity contribution >= 4 is 11.6 Å². The van der Waals surface area contributed by atoms with Gasteiger partial charge in [0.25, 0.3) is 0 Å². The van der Waals surface area contributed by atoms with Gasteiger partial charge in [-0.1, -0.05) is 56.3 Å². The Labute approximate surface area is 146 Å². The molecule has 6 nitrogen and oxygen atoms in total. The van der Waals surface area contributed by atoms with E-state index in [0.717, 1.165) is 11.3 Å². The summed E-state index contributed by atoms with van der Waals surface area (Å²) in [5.74, 6) is 0.310. The molecule has 0 spiro atoms. The number of nitrogens with zero attached hydrogens (tertiary/aromatic N) is 4.